The molecule has 0 aliphatic carbocycles. The first-order valence-electron chi connectivity index (χ1n) is 6.88. The second-order valence-corrected chi connectivity index (χ2v) is 4.62. The molecule has 1 aromatic heterocycles. The maximum absolute atomic E-state index is 5.53. The zero-order valence-electron chi connectivity index (χ0n) is 12.5. The van der Waals surface area contributed by atoms with E-state index in [4.69, 9.17) is 9.47 Å². The number of hydrogen-bond acceptors (Lipinski definition) is 4. The maximum Gasteiger partial charge on any atom is 0.204 e. The van der Waals surface area contributed by atoms with Gasteiger partial charge in [-0.2, -0.15) is 0 Å². The van der Waals surface area contributed by atoms with Crippen LogP contribution in [-0.2, 0) is 9.47 Å². The van der Waals surface area contributed by atoms with Crippen molar-refractivity contribution in [2.75, 3.05) is 13.2 Å². The number of ether oxygens (including phenoxy) is 2. The van der Waals surface area contributed by atoms with E-state index in [1.807, 2.05) is 26.1 Å². The number of aryl methyl sites for hydroxylation is 2. The minimum Gasteiger partial charge on any atom is -0.347 e. The molecule has 0 aliphatic heterocycles. The lowest BCUT2D eigenvalue weighted by Gasteiger charge is -2.13. The second-order valence-electron chi connectivity index (χ2n) is 4.62. The van der Waals surface area contributed by atoms with Crippen LogP contribution in [0.5, 0.6) is 0 Å². The van der Waals surface area contributed by atoms with Gasteiger partial charge in [-0.25, -0.2) is 4.68 Å². The first-order chi connectivity index (χ1) is 9.65. The van der Waals surface area contributed by atoms with Crippen molar-refractivity contribution in [3.05, 3.63) is 41.2 Å². The van der Waals surface area contributed by atoms with E-state index >= 15 is 0 Å². The average Bonchev–Trinajstić information content (AvgIpc) is 2.88. The van der Waals surface area contributed by atoms with Crippen LogP contribution in [0, 0.1) is 13.8 Å². The minimum absolute atomic E-state index is 0.454. The summed E-state index contributed by atoms with van der Waals surface area (Å²) in [5.74, 6) is 0. The van der Waals surface area contributed by atoms with Gasteiger partial charge in [0, 0.05) is 13.2 Å². The summed E-state index contributed by atoms with van der Waals surface area (Å²) in [5, 5.41) is 8.33. The smallest absolute Gasteiger partial charge is 0.204 e. The van der Waals surface area contributed by atoms with Crippen molar-refractivity contribution < 1.29 is 9.47 Å². The zero-order chi connectivity index (χ0) is 14.5. The van der Waals surface area contributed by atoms with E-state index in [9.17, 15) is 0 Å². The van der Waals surface area contributed by atoms with Gasteiger partial charge in [0.2, 0.25) is 6.29 Å². The number of hydrogen-bond donors (Lipinski definition) is 0. The van der Waals surface area contributed by atoms with Crippen molar-refractivity contribution in [2.24, 2.45) is 0 Å². The Morgan fingerprint density at radius 1 is 1.15 bits per heavy atom. The van der Waals surface area contributed by atoms with Gasteiger partial charge >= 0.3 is 0 Å². The van der Waals surface area contributed by atoms with E-state index < -0.39 is 6.29 Å². The van der Waals surface area contributed by atoms with Crippen LogP contribution >= 0.6 is 0 Å². The average molecular weight is 275 g/mol. The van der Waals surface area contributed by atoms with Crippen LogP contribution in [0.4, 0.5) is 0 Å². The standard InChI is InChI=1S/C15H21N3O2/c1-5-19-15(20-6-2)13-10-18(17-16-13)14-8-7-11(3)9-12(14)4/h7-10,15H,5-6H2,1-4H3. The summed E-state index contributed by atoms with van der Waals surface area (Å²) in [6.07, 6.45) is 1.40. The van der Waals surface area contributed by atoms with Crippen LogP contribution in [0.1, 0.15) is 37.0 Å². The zero-order valence-corrected chi connectivity index (χ0v) is 12.5. The number of rotatable bonds is 6. The molecule has 5 heteroatoms. The summed E-state index contributed by atoms with van der Waals surface area (Å²) in [6, 6.07) is 6.23. The molecular weight excluding hydrogens is 254 g/mol. The SMILES string of the molecule is CCOC(OCC)c1cn(-c2ccc(C)cc2C)nn1. The maximum atomic E-state index is 5.53. The van der Waals surface area contributed by atoms with Gasteiger partial charge in [0.25, 0.3) is 0 Å². The molecule has 0 bridgehead atoms. The minimum atomic E-state index is -0.454. The van der Waals surface area contributed by atoms with Gasteiger partial charge in [0.15, 0.2) is 0 Å². The Morgan fingerprint density at radius 2 is 1.85 bits per heavy atom. The molecule has 2 aromatic rings. The normalized spacial score (nSPS) is 11.2. The predicted molar refractivity (Wildman–Crippen MR) is 76.8 cm³/mol. The van der Waals surface area contributed by atoms with Crippen LogP contribution < -0.4 is 0 Å². The van der Waals surface area contributed by atoms with E-state index in [1.165, 1.54) is 5.56 Å². The fraction of sp³-hybridized carbons (Fsp3) is 0.467. The molecule has 0 saturated carbocycles. The van der Waals surface area contributed by atoms with Crippen LogP contribution in [0.15, 0.2) is 24.4 Å². The summed E-state index contributed by atoms with van der Waals surface area (Å²) in [7, 11) is 0. The highest BCUT2D eigenvalue weighted by atomic mass is 16.7. The van der Waals surface area contributed by atoms with Crippen molar-refractivity contribution in [1.82, 2.24) is 15.0 Å². The van der Waals surface area contributed by atoms with E-state index in [2.05, 4.69) is 36.3 Å². The molecule has 0 radical (unpaired) electrons. The Kier molecular flexibility index (Phi) is 4.87. The number of nitrogens with zero attached hydrogens (tertiary/aromatic N) is 3. The molecule has 0 fully saturated rings. The number of aromatic nitrogens is 3. The third-order valence-electron chi connectivity index (χ3n) is 2.99. The Hall–Kier alpha value is -1.72. The highest BCUT2D eigenvalue weighted by molar-refractivity contribution is 5.41. The van der Waals surface area contributed by atoms with E-state index in [1.54, 1.807) is 4.68 Å². The molecule has 0 atom stereocenters. The molecule has 2 rings (SSSR count). The van der Waals surface area contributed by atoms with Gasteiger partial charge in [-0.15, -0.1) is 5.10 Å². The predicted octanol–water partition coefficient (Wildman–Crippen LogP) is 2.96. The summed E-state index contributed by atoms with van der Waals surface area (Å²) in [5.41, 5.74) is 4.09. The molecule has 5 nitrogen and oxygen atoms in total. The van der Waals surface area contributed by atoms with E-state index in [-0.39, 0.29) is 0 Å². The third kappa shape index (κ3) is 3.23. The first-order valence-corrected chi connectivity index (χ1v) is 6.88. The highest BCUT2D eigenvalue weighted by Gasteiger charge is 2.16. The van der Waals surface area contributed by atoms with Crippen LogP contribution in [0.25, 0.3) is 5.69 Å². The molecule has 20 heavy (non-hydrogen) atoms. The van der Waals surface area contributed by atoms with Crippen LogP contribution in [-0.4, -0.2) is 28.2 Å². The summed E-state index contributed by atoms with van der Waals surface area (Å²) < 4.78 is 12.8. The fourth-order valence-electron chi connectivity index (χ4n) is 2.09. The van der Waals surface area contributed by atoms with E-state index in [0.717, 1.165) is 11.3 Å². The Morgan fingerprint density at radius 3 is 2.45 bits per heavy atom. The molecule has 108 valence electrons. The summed E-state index contributed by atoms with van der Waals surface area (Å²) in [4.78, 5) is 0. The lowest BCUT2D eigenvalue weighted by molar-refractivity contribution is -0.142. The van der Waals surface area contributed by atoms with Gasteiger partial charge in [-0.3, -0.25) is 0 Å². The van der Waals surface area contributed by atoms with Gasteiger partial charge in [0.1, 0.15) is 5.69 Å². The molecule has 0 aliphatic rings. The Bertz CT molecular complexity index is 560. The fourth-order valence-corrected chi connectivity index (χ4v) is 2.09. The van der Waals surface area contributed by atoms with E-state index in [0.29, 0.717) is 18.9 Å². The van der Waals surface area contributed by atoms with Crippen molar-refractivity contribution in [1.29, 1.82) is 0 Å². The van der Waals surface area contributed by atoms with Crippen molar-refractivity contribution in [2.45, 2.75) is 34.0 Å². The van der Waals surface area contributed by atoms with Gasteiger partial charge in [-0.05, 0) is 39.3 Å². The molecule has 0 N–H and O–H groups in total. The molecule has 1 aromatic carbocycles. The van der Waals surface area contributed by atoms with Crippen molar-refractivity contribution >= 4 is 0 Å². The second kappa shape index (κ2) is 6.63. The quantitative estimate of drug-likeness (QED) is 0.760. The lowest BCUT2D eigenvalue weighted by Crippen LogP contribution is -2.09. The van der Waals surface area contributed by atoms with Gasteiger partial charge < -0.3 is 9.47 Å². The lowest BCUT2D eigenvalue weighted by atomic mass is 10.1. The molecule has 0 amide bonds. The van der Waals surface area contributed by atoms with Crippen LogP contribution in [0.2, 0.25) is 0 Å². The van der Waals surface area contributed by atoms with Crippen molar-refractivity contribution in [3.8, 4) is 5.69 Å². The Labute approximate surface area is 119 Å². The first kappa shape index (κ1) is 14.7. The number of benzene rings is 1. The molecule has 1 heterocycles. The van der Waals surface area contributed by atoms with Gasteiger partial charge in [-0.1, -0.05) is 22.9 Å². The summed E-state index contributed by atoms with van der Waals surface area (Å²) >= 11 is 0. The molecule has 0 unspecified atom stereocenters. The molecular formula is C15H21N3O2. The summed E-state index contributed by atoms with van der Waals surface area (Å²) in [6.45, 7) is 9.14. The van der Waals surface area contributed by atoms with Gasteiger partial charge in [0.05, 0.1) is 11.9 Å². The Balaban J connectivity index is 2.27. The molecule has 0 saturated heterocycles. The third-order valence-corrected chi connectivity index (χ3v) is 2.99. The largest absolute Gasteiger partial charge is 0.347 e. The molecule has 0 spiro atoms. The highest BCUT2D eigenvalue weighted by Crippen LogP contribution is 2.19. The van der Waals surface area contributed by atoms with Crippen LogP contribution in [0.3, 0.4) is 0 Å². The monoisotopic (exact) mass is 275 g/mol. The topological polar surface area (TPSA) is 49.2 Å². The van der Waals surface area contributed by atoms with Crippen molar-refractivity contribution in [3.63, 3.8) is 0 Å².